The maximum absolute atomic E-state index is 10.4. The van der Waals surface area contributed by atoms with Gasteiger partial charge in [0.15, 0.2) is 0 Å². The van der Waals surface area contributed by atoms with E-state index in [0.29, 0.717) is 13.1 Å². The van der Waals surface area contributed by atoms with E-state index in [1.165, 1.54) is 4.88 Å². The predicted octanol–water partition coefficient (Wildman–Crippen LogP) is 2.69. The molecular formula is C21H30ClN3O3S. The second kappa shape index (κ2) is 11.2. The van der Waals surface area contributed by atoms with E-state index in [-0.39, 0.29) is 6.61 Å². The number of piperazine rings is 1. The van der Waals surface area contributed by atoms with Crippen molar-refractivity contribution in [1.82, 2.24) is 15.1 Å². The first-order chi connectivity index (χ1) is 14.0. The molecular weight excluding hydrogens is 410 g/mol. The number of thiophene rings is 1. The average molecular weight is 440 g/mol. The number of methoxy groups -OCH3 is 1. The molecule has 0 amide bonds. The van der Waals surface area contributed by atoms with Crippen LogP contribution in [0.25, 0.3) is 0 Å². The van der Waals surface area contributed by atoms with Crippen molar-refractivity contribution in [1.29, 1.82) is 0 Å². The Hall–Kier alpha value is -1.35. The van der Waals surface area contributed by atoms with Gasteiger partial charge in [-0.3, -0.25) is 4.90 Å². The van der Waals surface area contributed by atoms with Gasteiger partial charge in [-0.05, 0) is 25.2 Å². The Morgan fingerprint density at radius 2 is 1.97 bits per heavy atom. The van der Waals surface area contributed by atoms with Gasteiger partial charge >= 0.3 is 0 Å². The lowest BCUT2D eigenvalue weighted by Gasteiger charge is -2.33. The first kappa shape index (κ1) is 22.3. The fourth-order valence-corrected chi connectivity index (χ4v) is 4.33. The number of ether oxygens (including phenoxy) is 2. The van der Waals surface area contributed by atoms with E-state index in [4.69, 9.17) is 21.1 Å². The first-order valence-electron chi connectivity index (χ1n) is 9.87. The van der Waals surface area contributed by atoms with Crippen LogP contribution in [-0.4, -0.2) is 74.5 Å². The highest BCUT2D eigenvalue weighted by atomic mass is 35.5. The zero-order valence-corrected chi connectivity index (χ0v) is 18.6. The number of hydrogen-bond acceptors (Lipinski definition) is 7. The molecule has 160 valence electrons. The molecule has 8 heteroatoms. The van der Waals surface area contributed by atoms with Crippen LogP contribution >= 0.6 is 22.9 Å². The highest BCUT2D eigenvalue weighted by Crippen LogP contribution is 2.26. The lowest BCUT2D eigenvalue weighted by atomic mass is 10.2. The van der Waals surface area contributed by atoms with Crippen LogP contribution in [0.3, 0.4) is 0 Å². The van der Waals surface area contributed by atoms with Gasteiger partial charge in [-0.1, -0.05) is 17.7 Å². The summed E-state index contributed by atoms with van der Waals surface area (Å²) in [5, 5.41) is 13.9. The molecule has 0 bridgehead atoms. The van der Waals surface area contributed by atoms with Gasteiger partial charge in [-0.2, -0.15) is 0 Å². The monoisotopic (exact) mass is 439 g/mol. The van der Waals surface area contributed by atoms with Crippen LogP contribution in [0.5, 0.6) is 11.5 Å². The molecule has 0 aliphatic carbocycles. The maximum atomic E-state index is 10.4. The lowest BCUT2D eigenvalue weighted by Crippen LogP contribution is -2.47. The topological polar surface area (TPSA) is 57.2 Å². The van der Waals surface area contributed by atoms with E-state index in [2.05, 4.69) is 22.2 Å². The molecule has 0 spiro atoms. The summed E-state index contributed by atoms with van der Waals surface area (Å²) in [5.74, 6) is 1.47. The minimum atomic E-state index is -0.529. The van der Waals surface area contributed by atoms with Gasteiger partial charge in [0.25, 0.3) is 0 Å². The van der Waals surface area contributed by atoms with Crippen LogP contribution in [0.2, 0.25) is 4.34 Å². The molecule has 2 aromatic rings. The molecule has 29 heavy (non-hydrogen) atoms. The van der Waals surface area contributed by atoms with Crippen LogP contribution in [0.4, 0.5) is 0 Å². The van der Waals surface area contributed by atoms with Crippen molar-refractivity contribution in [3.05, 3.63) is 45.1 Å². The number of nitrogens with one attached hydrogen (secondary N) is 1. The van der Waals surface area contributed by atoms with Gasteiger partial charge in [0.05, 0.1) is 11.4 Å². The molecule has 1 unspecified atom stereocenters. The van der Waals surface area contributed by atoms with Gasteiger partial charge in [-0.15, -0.1) is 11.3 Å². The summed E-state index contributed by atoms with van der Waals surface area (Å²) in [5.41, 5.74) is 1.03. The van der Waals surface area contributed by atoms with E-state index in [9.17, 15) is 5.11 Å². The van der Waals surface area contributed by atoms with E-state index < -0.39 is 6.10 Å². The summed E-state index contributed by atoms with van der Waals surface area (Å²) in [4.78, 5) is 5.78. The van der Waals surface area contributed by atoms with Crippen molar-refractivity contribution >= 4 is 22.9 Å². The Bertz CT molecular complexity index is 765. The Kier molecular flexibility index (Phi) is 8.59. The van der Waals surface area contributed by atoms with Crippen molar-refractivity contribution in [3.8, 4) is 11.5 Å². The molecule has 1 atom stereocenters. The second-order valence-electron chi connectivity index (χ2n) is 7.35. The molecule has 1 aliphatic heterocycles. The first-order valence-corrected chi connectivity index (χ1v) is 11.1. The number of rotatable bonds is 10. The van der Waals surface area contributed by atoms with E-state index in [1.54, 1.807) is 18.4 Å². The quantitative estimate of drug-likeness (QED) is 0.593. The molecule has 0 radical (unpaired) electrons. The Labute approximate surface area is 182 Å². The molecule has 3 rings (SSSR count). The molecule has 1 aliphatic rings. The lowest BCUT2D eigenvalue weighted by molar-refractivity contribution is 0.0501. The van der Waals surface area contributed by atoms with E-state index in [1.807, 2.05) is 30.3 Å². The van der Waals surface area contributed by atoms with Gasteiger partial charge in [-0.25, -0.2) is 0 Å². The van der Waals surface area contributed by atoms with Crippen LogP contribution in [0.1, 0.15) is 10.4 Å². The highest BCUT2D eigenvalue weighted by Gasteiger charge is 2.18. The number of hydrogen-bond donors (Lipinski definition) is 2. The van der Waals surface area contributed by atoms with E-state index in [0.717, 1.165) is 54.1 Å². The molecule has 2 heterocycles. The van der Waals surface area contributed by atoms with Gasteiger partial charge in [0.2, 0.25) is 0 Å². The summed E-state index contributed by atoms with van der Waals surface area (Å²) in [6, 6.07) is 9.73. The number of benzene rings is 1. The van der Waals surface area contributed by atoms with Gasteiger partial charge in [0, 0.05) is 62.3 Å². The fourth-order valence-electron chi connectivity index (χ4n) is 3.28. The molecule has 1 aromatic heterocycles. The number of β-amino-alcohol motifs (C(OH)–C–C–N with tert-alkyl or cyclic N) is 1. The zero-order chi connectivity index (χ0) is 20.6. The number of likely N-dealkylation sites (N-methyl/N-ethyl adjacent to an activating group) is 1. The Balaban J connectivity index is 1.52. The van der Waals surface area contributed by atoms with Crippen LogP contribution in [0, 0.1) is 0 Å². The summed E-state index contributed by atoms with van der Waals surface area (Å²) in [7, 11) is 3.77. The average Bonchev–Trinajstić information content (AvgIpc) is 3.14. The molecule has 0 saturated carbocycles. The molecule has 1 fully saturated rings. The third-order valence-electron chi connectivity index (χ3n) is 5.01. The minimum absolute atomic E-state index is 0.257. The fraction of sp³-hybridized carbons (Fsp3) is 0.524. The predicted molar refractivity (Wildman–Crippen MR) is 118 cm³/mol. The van der Waals surface area contributed by atoms with Crippen molar-refractivity contribution < 1.29 is 14.6 Å². The number of aliphatic hydroxyl groups is 1. The molecule has 6 nitrogen and oxygen atoms in total. The van der Waals surface area contributed by atoms with Crippen LogP contribution < -0.4 is 14.8 Å². The summed E-state index contributed by atoms with van der Waals surface area (Å²) >= 11 is 7.57. The van der Waals surface area contributed by atoms with Gasteiger partial charge in [0.1, 0.15) is 24.2 Å². The number of aliphatic hydroxyl groups excluding tert-OH is 1. The summed E-state index contributed by atoms with van der Waals surface area (Å²) in [6.07, 6.45) is -0.529. The minimum Gasteiger partial charge on any atom is -0.497 e. The standard InChI is InChI=1S/C21H30ClN3O3S/c1-24-7-9-25(10-8-24)14-17(26)15-28-20-11-18(27-2)4-3-16(20)12-23-13-19-5-6-21(22)29-19/h3-6,11,17,23,26H,7-10,12-15H2,1-2H3. The molecule has 1 aromatic carbocycles. The number of halogens is 1. The van der Waals surface area contributed by atoms with Crippen molar-refractivity contribution in [3.63, 3.8) is 0 Å². The summed E-state index contributed by atoms with van der Waals surface area (Å²) in [6.45, 7) is 6.32. The smallest absolute Gasteiger partial charge is 0.127 e. The van der Waals surface area contributed by atoms with E-state index >= 15 is 0 Å². The Morgan fingerprint density at radius 3 is 2.66 bits per heavy atom. The SMILES string of the molecule is COc1ccc(CNCc2ccc(Cl)s2)c(OCC(O)CN2CCN(C)CC2)c1. The zero-order valence-electron chi connectivity index (χ0n) is 17.1. The second-order valence-corrected chi connectivity index (χ2v) is 9.15. The Morgan fingerprint density at radius 1 is 1.17 bits per heavy atom. The maximum Gasteiger partial charge on any atom is 0.127 e. The van der Waals surface area contributed by atoms with Crippen molar-refractivity contribution in [2.75, 3.05) is 53.5 Å². The van der Waals surface area contributed by atoms with Crippen molar-refractivity contribution in [2.24, 2.45) is 0 Å². The molecule has 2 N–H and O–H groups in total. The normalized spacial score (nSPS) is 16.7. The number of nitrogens with zero attached hydrogens (tertiary/aromatic N) is 2. The van der Waals surface area contributed by atoms with Crippen LogP contribution in [0.15, 0.2) is 30.3 Å². The van der Waals surface area contributed by atoms with Crippen LogP contribution in [-0.2, 0) is 13.1 Å². The largest absolute Gasteiger partial charge is 0.497 e. The summed E-state index contributed by atoms with van der Waals surface area (Å²) < 4.78 is 12.1. The third kappa shape index (κ3) is 7.13. The van der Waals surface area contributed by atoms with Gasteiger partial charge < -0.3 is 24.8 Å². The molecule has 1 saturated heterocycles. The highest BCUT2D eigenvalue weighted by molar-refractivity contribution is 7.16. The third-order valence-corrected chi connectivity index (χ3v) is 6.25. The van der Waals surface area contributed by atoms with Crippen molar-refractivity contribution in [2.45, 2.75) is 19.2 Å².